The number of terminal acetylenes is 1. The molecule has 29 heavy (non-hydrogen) atoms. The van der Waals surface area contributed by atoms with E-state index in [1.54, 1.807) is 36.4 Å². The predicted molar refractivity (Wildman–Crippen MR) is 111 cm³/mol. The summed E-state index contributed by atoms with van der Waals surface area (Å²) in [6, 6.07) is 11.4. The molecule has 1 aliphatic heterocycles. The fourth-order valence-electron chi connectivity index (χ4n) is 3.48. The average Bonchev–Trinajstić information content (AvgIpc) is 2.75. The maximum atomic E-state index is 13.7. The van der Waals surface area contributed by atoms with Crippen molar-refractivity contribution in [2.45, 2.75) is 19.9 Å². The molecule has 0 spiro atoms. The SMILES string of the molecule is C#Cc1cccc(C(=O)Nc2ccc(CN3CCN(CC)CC3)c(C(F)F)c2)c1. The summed E-state index contributed by atoms with van der Waals surface area (Å²) in [6.45, 7) is 7.24. The van der Waals surface area contributed by atoms with Gasteiger partial charge in [0.25, 0.3) is 12.3 Å². The lowest BCUT2D eigenvalue weighted by Gasteiger charge is -2.34. The third-order valence-corrected chi connectivity index (χ3v) is 5.24. The van der Waals surface area contributed by atoms with E-state index in [-0.39, 0.29) is 11.5 Å². The summed E-state index contributed by atoms with van der Waals surface area (Å²) in [6.07, 6.45) is 2.75. The first kappa shape index (κ1) is 21.0. The van der Waals surface area contributed by atoms with Gasteiger partial charge in [-0.15, -0.1) is 6.42 Å². The van der Waals surface area contributed by atoms with Gasteiger partial charge in [-0.25, -0.2) is 8.78 Å². The van der Waals surface area contributed by atoms with Crippen molar-refractivity contribution in [3.05, 3.63) is 64.7 Å². The zero-order valence-electron chi connectivity index (χ0n) is 16.5. The van der Waals surface area contributed by atoms with Crippen LogP contribution >= 0.6 is 0 Å². The fraction of sp³-hybridized carbons (Fsp3) is 0.348. The third kappa shape index (κ3) is 5.41. The van der Waals surface area contributed by atoms with Gasteiger partial charge in [0.1, 0.15) is 0 Å². The molecule has 4 nitrogen and oxygen atoms in total. The van der Waals surface area contributed by atoms with Crippen LogP contribution in [0.5, 0.6) is 0 Å². The Balaban J connectivity index is 1.72. The van der Waals surface area contributed by atoms with Crippen molar-refractivity contribution in [2.75, 3.05) is 38.0 Å². The lowest BCUT2D eigenvalue weighted by atomic mass is 10.1. The van der Waals surface area contributed by atoms with E-state index in [0.717, 1.165) is 32.7 Å². The maximum absolute atomic E-state index is 13.7. The van der Waals surface area contributed by atoms with Crippen LogP contribution in [0.2, 0.25) is 0 Å². The number of carbonyl (C=O) groups excluding carboxylic acids is 1. The van der Waals surface area contributed by atoms with Crippen molar-refractivity contribution < 1.29 is 13.6 Å². The molecule has 0 aromatic heterocycles. The second-order valence-corrected chi connectivity index (χ2v) is 7.10. The van der Waals surface area contributed by atoms with Crippen molar-refractivity contribution in [1.82, 2.24) is 9.80 Å². The first-order valence-corrected chi connectivity index (χ1v) is 9.74. The molecule has 0 aliphatic carbocycles. The molecule has 1 amide bonds. The van der Waals surface area contributed by atoms with Gasteiger partial charge in [-0.05, 0) is 42.4 Å². The van der Waals surface area contributed by atoms with E-state index in [1.807, 2.05) is 0 Å². The fourth-order valence-corrected chi connectivity index (χ4v) is 3.48. The zero-order valence-corrected chi connectivity index (χ0v) is 16.5. The van der Waals surface area contributed by atoms with E-state index >= 15 is 0 Å². The standard InChI is InChI=1S/C23H25F2N3O/c1-3-17-6-5-7-18(14-17)23(29)26-20-9-8-19(21(15-20)22(24)25)16-28-12-10-27(4-2)11-13-28/h1,5-9,14-15,22H,4,10-13,16H2,2H3,(H,26,29). The van der Waals surface area contributed by atoms with Crippen LogP contribution in [0.25, 0.3) is 0 Å². The van der Waals surface area contributed by atoms with Gasteiger partial charge in [-0.3, -0.25) is 9.69 Å². The Morgan fingerprint density at radius 3 is 2.52 bits per heavy atom. The molecule has 1 saturated heterocycles. The van der Waals surface area contributed by atoms with Crippen molar-refractivity contribution in [2.24, 2.45) is 0 Å². The number of alkyl halides is 2. The summed E-state index contributed by atoms with van der Waals surface area (Å²) in [5.74, 6) is 2.09. The average molecular weight is 397 g/mol. The summed E-state index contributed by atoms with van der Waals surface area (Å²) in [4.78, 5) is 17.0. The summed E-state index contributed by atoms with van der Waals surface area (Å²) >= 11 is 0. The van der Waals surface area contributed by atoms with Gasteiger partial charge in [0.15, 0.2) is 0 Å². The van der Waals surface area contributed by atoms with Crippen LogP contribution in [-0.4, -0.2) is 48.4 Å². The minimum atomic E-state index is -2.61. The van der Waals surface area contributed by atoms with Crippen molar-refractivity contribution in [1.29, 1.82) is 0 Å². The lowest BCUT2D eigenvalue weighted by Crippen LogP contribution is -2.45. The van der Waals surface area contributed by atoms with Crippen LogP contribution in [0, 0.1) is 12.3 Å². The van der Waals surface area contributed by atoms with Gasteiger partial charge in [0, 0.05) is 55.1 Å². The number of hydrogen-bond donors (Lipinski definition) is 1. The molecule has 1 N–H and O–H groups in total. The molecule has 0 unspecified atom stereocenters. The highest BCUT2D eigenvalue weighted by atomic mass is 19.3. The molecule has 3 rings (SSSR count). The summed E-state index contributed by atoms with van der Waals surface area (Å²) in [5, 5.41) is 2.69. The van der Waals surface area contributed by atoms with E-state index in [9.17, 15) is 13.6 Å². The molecule has 2 aromatic carbocycles. The zero-order chi connectivity index (χ0) is 20.8. The normalized spacial score (nSPS) is 15.3. The Hall–Kier alpha value is -2.75. The van der Waals surface area contributed by atoms with Crippen LogP contribution in [0.3, 0.4) is 0 Å². The molecule has 1 aliphatic rings. The number of nitrogens with one attached hydrogen (secondary N) is 1. The van der Waals surface area contributed by atoms with E-state index < -0.39 is 6.43 Å². The number of rotatable bonds is 6. The van der Waals surface area contributed by atoms with Crippen LogP contribution in [0.4, 0.5) is 14.5 Å². The summed E-state index contributed by atoms with van der Waals surface area (Å²) in [5.41, 5.74) is 1.87. The Morgan fingerprint density at radius 2 is 1.86 bits per heavy atom. The Bertz CT molecular complexity index is 899. The monoisotopic (exact) mass is 397 g/mol. The Labute approximate surface area is 170 Å². The lowest BCUT2D eigenvalue weighted by molar-refractivity contribution is 0.102. The van der Waals surface area contributed by atoms with Gasteiger partial charge < -0.3 is 10.2 Å². The number of amides is 1. The van der Waals surface area contributed by atoms with Gasteiger partial charge in [0.2, 0.25) is 0 Å². The number of hydrogen-bond acceptors (Lipinski definition) is 3. The highest BCUT2D eigenvalue weighted by molar-refractivity contribution is 6.04. The topological polar surface area (TPSA) is 35.6 Å². The molecule has 0 bridgehead atoms. The second-order valence-electron chi connectivity index (χ2n) is 7.10. The minimum absolute atomic E-state index is 0.0434. The molecular formula is C23H25F2N3O. The van der Waals surface area contributed by atoms with E-state index in [4.69, 9.17) is 6.42 Å². The summed E-state index contributed by atoms with van der Waals surface area (Å²) in [7, 11) is 0. The number of halogens is 2. The minimum Gasteiger partial charge on any atom is -0.322 e. The number of anilines is 1. The second kappa shape index (κ2) is 9.64. The van der Waals surface area contributed by atoms with Gasteiger partial charge in [0.05, 0.1) is 0 Å². The third-order valence-electron chi connectivity index (χ3n) is 5.24. The molecule has 1 heterocycles. The molecule has 152 valence electrons. The molecule has 0 radical (unpaired) electrons. The first-order valence-electron chi connectivity index (χ1n) is 9.74. The van der Waals surface area contributed by atoms with Crippen molar-refractivity contribution in [3.63, 3.8) is 0 Å². The molecular weight excluding hydrogens is 372 g/mol. The van der Waals surface area contributed by atoms with E-state index in [0.29, 0.717) is 28.9 Å². The molecule has 0 saturated carbocycles. The van der Waals surface area contributed by atoms with E-state index in [1.165, 1.54) is 6.07 Å². The molecule has 2 aromatic rings. The number of carbonyl (C=O) groups is 1. The van der Waals surface area contributed by atoms with Gasteiger partial charge in [-0.1, -0.05) is 25.0 Å². The number of piperazine rings is 1. The van der Waals surface area contributed by atoms with Gasteiger partial charge in [-0.2, -0.15) is 0 Å². The highest BCUT2D eigenvalue weighted by Gasteiger charge is 2.20. The predicted octanol–water partition coefficient (Wildman–Crippen LogP) is 4.00. The molecule has 6 heteroatoms. The van der Waals surface area contributed by atoms with Crippen LogP contribution in [0.15, 0.2) is 42.5 Å². The van der Waals surface area contributed by atoms with Crippen LogP contribution in [0.1, 0.15) is 40.4 Å². The van der Waals surface area contributed by atoms with Gasteiger partial charge >= 0.3 is 0 Å². The number of likely N-dealkylation sites (N-methyl/N-ethyl adjacent to an activating group) is 1. The first-order chi connectivity index (χ1) is 14.0. The van der Waals surface area contributed by atoms with Crippen LogP contribution in [-0.2, 0) is 6.54 Å². The van der Waals surface area contributed by atoms with Crippen molar-refractivity contribution >= 4 is 11.6 Å². The van der Waals surface area contributed by atoms with Crippen molar-refractivity contribution in [3.8, 4) is 12.3 Å². The molecule has 0 atom stereocenters. The Morgan fingerprint density at radius 1 is 1.14 bits per heavy atom. The molecule has 1 fully saturated rings. The largest absolute Gasteiger partial charge is 0.322 e. The highest BCUT2D eigenvalue weighted by Crippen LogP contribution is 2.28. The van der Waals surface area contributed by atoms with E-state index in [2.05, 4.69) is 28.0 Å². The number of benzene rings is 2. The summed E-state index contributed by atoms with van der Waals surface area (Å²) < 4.78 is 27.4. The maximum Gasteiger partial charge on any atom is 0.264 e. The number of nitrogens with zero attached hydrogens (tertiary/aromatic N) is 2. The Kier molecular flexibility index (Phi) is 6.97. The smallest absolute Gasteiger partial charge is 0.264 e. The quantitative estimate of drug-likeness (QED) is 0.749. The van der Waals surface area contributed by atoms with Crippen LogP contribution < -0.4 is 5.32 Å².